The van der Waals surface area contributed by atoms with E-state index in [0.717, 1.165) is 34.4 Å². The SMILES string of the molecule is Cc1ccc(-c2cnco2)cc1-c1ccc(NC(=O)c2c(F)cccc2F)nc1. The van der Waals surface area contributed by atoms with Crippen LogP contribution in [-0.4, -0.2) is 15.9 Å². The monoisotopic (exact) mass is 391 g/mol. The Hall–Kier alpha value is -3.87. The standard InChI is InChI=1S/C22H15F2N3O2/c1-13-5-6-14(19-11-25-12-29-19)9-16(13)15-7-8-20(26-10-15)27-22(28)21-17(23)3-2-4-18(21)24/h2-12H,1H3,(H,26,27,28). The van der Waals surface area contributed by atoms with E-state index in [1.54, 1.807) is 24.5 Å². The van der Waals surface area contributed by atoms with Crippen molar-refractivity contribution in [2.75, 3.05) is 5.32 Å². The third-order valence-electron chi connectivity index (χ3n) is 4.46. The molecule has 0 atom stereocenters. The van der Waals surface area contributed by atoms with Crippen LogP contribution >= 0.6 is 0 Å². The first-order valence-corrected chi connectivity index (χ1v) is 8.74. The molecule has 0 aliphatic rings. The number of nitrogens with zero attached hydrogens (tertiary/aromatic N) is 2. The van der Waals surface area contributed by atoms with Crippen molar-refractivity contribution in [1.29, 1.82) is 0 Å². The van der Waals surface area contributed by atoms with E-state index >= 15 is 0 Å². The third-order valence-corrected chi connectivity index (χ3v) is 4.46. The topological polar surface area (TPSA) is 68.0 Å². The highest BCUT2D eigenvalue weighted by Crippen LogP contribution is 2.29. The first kappa shape index (κ1) is 18.5. The fraction of sp³-hybridized carbons (Fsp3) is 0.0455. The minimum atomic E-state index is -0.932. The Balaban J connectivity index is 1.59. The van der Waals surface area contributed by atoms with Crippen LogP contribution in [0.4, 0.5) is 14.6 Å². The van der Waals surface area contributed by atoms with E-state index in [0.29, 0.717) is 5.76 Å². The maximum Gasteiger partial charge on any atom is 0.262 e. The molecule has 4 aromatic rings. The number of aromatic nitrogens is 2. The Morgan fingerprint density at radius 1 is 1.00 bits per heavy atom. The van der Waals surface area contributed by atoms with Gasteiger partial charge in [-0.15, -0.1) is 0 Å². The molecule has 2 aromatic carbocycles. The normalized spacial score (nSPS) is 10.7. The van der Waals surface area contributed by atoms with Crippen LogP contribution in [0.3, 0.4) is 0 Å². The molecule has 0 fully saturated rings. The number of carbonyl (C=O) groups excluding carboxylic acids is 1. The Morgan fingerprint density at radius 3 is 2.41 bits per heavy atom. The molecule has 7 heteroatoms. The van der Waals surface area contributed by atoms with Gasteiger partial charge in [0.05, 0.1) is 6.20 Å². The van der Waals surface area contributed by atoms with Crippen LogP contribution in [0, 0.1) is 18.6 Å². The van der Waals surface area contributed by atoms with Crippen molar-refractivity contribution in [3.05, 3.63) is 90.1 Å². The van der Waals surface area contributed by atoms with Crippen LogP contribution in [0.15, 0.2) is 71.7 Å². The van der Waals surface area contributed by atoms with Crippen molar-refractivity contribution < 1.29 is 18.0 Å². The van der Waals surface area contributed by atoms with Gasteiger partial charge in [0.25, 0.3) is 5.91 Å². The summed E-state index contributed by atoms with van der Waals surface area (Å²) in [7, 11) is 0. The molecule has 2 aromatic heterocycles. The van der Waals surface area contributed by atoms with Crippen molar-refractivity contribution in [3.8, 4) is 22.5 Å². The lowest BCUT2D eigenvalue weighted by atomic mass is 9.98. The maximum atomic E-state index is 13.8. The molecule has 4 rings (SSSR count). The summed E-state index contributed by atoms with van der Waals surface area (Å²) in [5.41, 5.74) is 3.01. The van der Waals surface area contributed by atoms with Crippen LogP contribution in [0.2, 0.25) is 0 Å². The number of hydrogen-bond donors (Lipinski definition) is 1. The number of aryl methyl sites for hydroxylation is 1. The number of halogens is 2. The zero-order valence-corrected chi connectivity index (χ0v) is 15.3. The Morgan fingerprint density at radius 2 is 1.76 bits per heavy atom. The zero-order chi connectivity index (χ0) is 20.4. The number of benzene rings is 2. The molecule has 2 heterocycles. The highest BCUT2D eigenvalue weighted by atomic mass is 19.1. The summed E-state index contributed by atoms with van der Waals surface area (Å²) in [5, 5.41) is 2.41. The fourth-order valence-electron chi connectivity index (χ4n) is 2.97. The van der Waals surface area contributed by atoms with Crippen molar-refractivity contribution >= 4 is 11.7 Å². The molecule has 1 amide bonds. The summed E-state index contributed by atoms with van der Waals surface area (Å²) in [6.45, 7) is 1.97. The summed E-state index contributed by atoms with van der Waals surface area (Å²) in [5.74, 6) is -1.93. The van der Waals surface area contributed by atoms with Crippen LogP contribution < -0.4 is 5.32 Å². The maximum absolute atomic E-state index is 13.8. The van der Waals surface area contributed by atoms with E-state index in [1.807, 2.05) is 25.1 Å². The van der Waals surface area contributed by atoms with Gasteiger partial charge < -0.3 is 9.73 Å². The Bertz CT molecular complexity index is 1150. The number of rotatable bonds is 4. The van der Waals surface area contributed by atoms with Crippen molar-refractivity contribution in [2.24, 2.45) is 0 Å². The fourth-order valence-corrected chi connectivity index (χ4v) is 2.97. The Kier molecular flexibility index (Phi) is 4.87. The predicted molar refractivity (Wildman–Crippen MR) is 104 cm³/mol. The van der Waals surface area contributed by atoms with E-state index in [9.17, 15) is 13.6 Å². The Labute approximate surface area is 165 Å². The van der Waals surface area contributed by atoms with E-state index in [1.165, 1.54) is 12.5 Å². The van der Waals surface area contributed by atoms with Gasteiger partial charge in [-0.3, -0.25) is 4.79 Å². The second-order valence-electron chi connectivity index (χ2n) is 6.38. The molecule has 1 N–H and O–H groups in total. The number of amides is 1. The van der Waals surface area contributed by atoms with Gasteiger partial charge in [-0.25, -0.2) is 18.7 Å². The van der Waals surface area contributed by atoms with Crippen molar-refractivity contribution in [1.82, 2.24) is 9.97 Å². The number of nitrogens with one attached hydrogen (secondary N) is 1. The van der Waals surface area contributed by atoms with Crippen molar-refractivity contribution in [2.45, 2.75) is 6.92 Å². The third kappa shape index (κ3) is 3.75. The molecular formula is C22H15F2N3O2. The lowest BCUT2D eigenvalue weighted by Gasteiger charge is -2.10. The summed E-state index contributed by atoms with van der Waals surface area (Å²) in [4.78, 5) is 20.3. The van der Waals surface area contributed by atoms with Crippen LogP contribution in [0.1, 0.15) is 15.9 Å². The lowest BCUT2D eigenvalue weighted by molar-refractivity contribution is 0.101. The van der Waals surface area contributed by atoms with Crippen molar-refractivity contribution in [3.63, 3.8) is 0 Å². The highest BCUT2D eigenvalue weighted by Gasteiger charge is 2.17. The summed E-state index contributed by atoms with van der Waals surface area (Å²) in [6.07, 6.45) is 4.58. The average molecular weight is 391 g/mol. The molecule has 0 aliphatic heterocycles. The molecule has 5 nitrogen and oxygen atoms in total. The smallest absolute Gasteiger partial charge is 0.262 e. The van der Waals surface area contributed by atoms with Gasteiger partial charge in [0.2, 0.25) is 0 Å². The number of anilines is 1. The molecule has 0 unspecified atom stereocenters. The number of carbonyl (C=O) groups is 1. The quantitative estimate of drug-likeness (QED) is 0.516. The van der Waals surface area contributed by atoms with E-state index in [-0.39, 0.29) is 5.82 Å². The first-order valence-electron chi connectivity index (χ1n) is 8.74. The van der Waals surface area contributed by atoms with Crippen LogP contribution in [0.5, 0.6) is 0 Å². The van der Waals surface area contributed by atoms with Gasteiger partial charge in [-0.1, -0.05) is 18.2 Å². The lowest BCUT2D eigenvalue weighted by Crippen LogP contribution is -2.16. The molecular weight excluding hydrogens is 376 g/mol. The van der Waals surface area contributed by atoms with Gasteiger partial charge in [-0.2, -0.15) is 0 Å². The molecule has 0 radical (unpaired) electrons. The zero-order valence-electron chi connectivity index (χ0n) is 15.3. The number of hydrogen-bond acceptors (Lipinski definition) is 4. The highest BCUT2D eigenvalue weighted by molar-refractivity contribution is 6.04. The van der Waals surface area contributed by atoms with Crippen LogP contribution in [0.25, 0.3) is 22.5 Å². The summed E-state index contributed by atoms with van der Waals surface area (Å²) < 4.78 is 32.8. The van der Waals surface area contributed by atoms with Gasteiger partial charge in [0.1, 0.15) is 23.0 Å². The van der Waals surface area contributed by atoms with E-state index in [4.69, 9.17) is 4.42 Å². The molecule has 144 valence electrons. The predicted octanol–water partition coefficient (Wildman–Crippen LogP) is 5.24. The first-order chi connectivity index (χ1) is 14.0. The largest absolute Gasteiger partial charge is 0.444 e. The minimum Gasteiger partial charge on any atom is -0.444 e. The van der Waals surface area contributed by atoms with Gasteiger partial charge in [-0.05, 0) is 48.4 Å². The molecule has 0 bridgehead atoms. The minimum absolute atomic E-state index is 0.186. The van der Waals surface area contributed by atoms with Gasteiger partial charge in [0, 0.05) is 17.3 Å². The average Bonchev–Trinajstić information content (AvgIpc) is 3.24. The molecule has 0 spiro atoms. The molecule has 29 heavy (non-hydrogen) atoms. The summed E-state index contributed by atoms with van der Waals surface area (Å²) >= 11 is 0. The van der Waals surface area contributed by atoms with E-state index in [2.05, 4.69) is 15.3 Å². The molecule has 0 aliphatic carbocycles. The van der Waals surface area contributed by atoms with E-state index < -0.39 is 23.1 Å². The number of pyridine rings is 1. The van der Waals surface area contributed by atoms with Gasteiger partial charge in [0.15, 0.2) is 12.2 Å². The second kappa shape index (κ2) is 7.63. The van der Waals surface area contributed by atoms with Crippen LogP contribution in [-0.2, 0) is 0 Å². The summed E-state index contributed by atoms with van der Waals surface area (Å²) in [6, 6.07) is 12.5. The molecule has 0 saturated carbocycles. The number of oxazole rings is 1. The molecule has 0 saturated heterocycles. The van der Waals surface area contributed by atoms with Gasteiger partial charge >= 0.3 is 0 Å². The second-order valence-corrected chi connectivity index (χ2v) is 6.38.